The van der Waals surface area contributed by atoms with E-state index in [0.717, 1.165) is 18.2 Å². The highest BCUT2D eigenvalue weighted by Gasteiger charge is 2.06. The van der Waals surface area contributed by atoms with E-state index < -0.39 is 12.4 Å². The quantitative estimate of drug-likeness (QED) is 0.649. The Morgan fingerprint density at radius 1 is 1.31 bits per heavy atom. The van der Waals surface area contributed by atoms with Crippen molar-refractivity contribution in [1.29, 1.82) is 0 Å². The zero-order valence-electron chi connectivity index (χ0n) is 6.30. The fraction of sp³-hybridized carbons (Fsp3) is 0.125. The van der Waals surface area contributed by atoms with E-state index in [-0.39, 0.29) is 11.4 Å². The van der Waals surface area contributed by atoms with Gasteiger partial charge in [0.1, 0.15) is 11.6 Å². The predicted molar refractivity (Wildman–Crippen MR) is 39.3 cm³/mol. The molecule has 0 saturated heterocycles. The number of rotatable bonds is 2. The van der Waals surface area contributed by atoms with Crippen LogP contribution in [0.15, 0.2) is 18.2 Å². The van der Waals surface area contributed by atoms with Crippen LogP contribution in [0.1, 0.15) is 0 Å². The highest BCUT2D eigenvalue weighted by molar-refractivity contribution is 5.49. The van der Waals surface area contributed by atoms with Gasteiger partial charge in [-0.1, -0.05) is 0 Å². The van der Waals surface area contributed by atoms with Gasteiger partial charge in [-0.3, -0.25) is 0 Å². The van der Waals surface area contributed by atoms with Crippen molar-refractivity contribution >= 4 is 5.69 Å². The summed E-state index contributed by atoms with van der Waals surface area (Å²) >= 11 is 0. The number of ether oxygens (including phenoxy) is 1. The lowest BCUT2D eigenvalue weighted by Crippen LogP contribution is -2.01. The summed E-state index contributed by atoms with van der Waals surface area (Å²) in [7, 11) is 0. The molecule has 1 rings (SSSR count). The van der Waals surface area contributed by atoms with Gasteiger partial charge in [0.2, 0.25) is 0 Å². The smallest absolute Gasteiger partial charge is 0.387 e. The van der Waals surface area contributed by atoms with E-state index in [9.17, 15) is 13.2 Å². The third kappa shape index (κ3) is 2.67. The molecule has 0 unspecified atom stereocenters. The van der Waals surface area contributed by atoms with Crippen LogP contribution >= 0.6 is 0 Å². The van der Waals surface area contributed by atoms with Crippen molar-refractivity contribution in [2.24, 2.45) is 0 Å². The fourth-order valence-corrected chi connectivity index (χ4v) is 0.783. The van der Waals surface area contributed by atoms with E-state index in [2.05, 4.69) is 9.58 Å². The van der Waals surface area contributed by atoms with Gasteiger partial charge in [0.05, 0.1) is 6.57 Å². The van der Waals surface area contributed by atoms with Gasteiger partial charge < -0.3 is 4.74 Å². The van der Waals surface area contributed by atoms with Crippen molar-refractivity contribution in [3.8, 4) is 5.75 Å². The molecule has 68 valence electrons. The van der Waals surface area contributed by atoms with Crippen molar-refractivity contribution in [2.45, 2.75) is 6.61 Å². The Morgan fingerprint density at radius 2 is 2.00 bits per heavy atom. The Bertz CT molecular complexity index is 346. The highest BCUT2D eigenvalue weighted by Crippen LogP contribution is 2.23. The lowest BCUT2D eigenvalue weighted by atomic mass is 10.3. The first kappa shape index (κ1) is 9.39. The molecule has 0 fully saturated rings. The molecular formula is C8H4F3NO. The van der Waals surface area contributed by atoms with Crippen LogP contribution in [0.5, 0.6) is 5.75 Å². The summed E-state index contributed by atoms with van der Waals surface area (Å²) in [4.78, 5) is 2.88. The summed E-state index contributed by atoms with van der Waals surface area (Å²) < 4.78 is 39.8. The Balaban J connectivity index is 2.96. The van der Waals surface area contributed by atoms with Gasteiger partial charge in [-0.05, 0) is 12.1 Å². The first-order chi connectivity index (χ1) is 6.11. The topological polar surface area (TPSA) is 13.6 Å². The third-order valence-corrected chi connectivity index (χ3v) is 1.21. The molecule has 0 saturated carbocycles. The number of alkyl halides is 2. The number of nitrogens with zero attached hydrogens (tertiary/aromatic N) is 1. The van der Waals surface area contributed by atoms with Crippen LogP contribution in [0, 0.1) is 12.4 Å². The van der Waals surface area contributed by atoms with Crippen molar-refractivity contribution in [2.75, 3.05) is 0 Å². The summed E-state index contributed by atoms with van der Waals surface area (Å²) in [5, 5.41) is 0. The van der Waals surface area contributed by atoms with Crippen molar-refractivity contribution < 1.29 is 17.9 Å². The van der Waals surface area contributed by atoms with Crippen LogP contribution in [-0.2, 0) is 0 Å². The van der Waals surface area contributed by atoms with Gasteiger partial charge in [-0.15, -0.1) is 0 Å². The minimum atomic E-state index is -3.01. The van der Waals surface area contributed by atoms with E-state index in [4.69, 9.17) is 6.57 Å². The summed E-state index contributed by atoms with van der Waals surface area (Å²) in [6.45, 7) is 3.52. The molecule has 0 heterocycles. The summed E-state index contributed by atoms with van der Waals surface area (Å²) in [5.74, 6) is -1.12. The standard InChI is InChI=1S/C8H4F3NO/c1-12-6-2-5(9)3-7(4-6)13-8(10)11/h2-4,8H. The van der Waals surface area contributed by atoms with Crippen molar-refractivity contribution in [1.82, 2.24) is 0 Å². The van der Waals surface area contributed by atoms with E-state index in [1.807, 2.05) is 0 Å². The Labute approximate surface area is 72.4 Å². The van der Waals surface area contributed by atoms with E-state index in [1.165, 1.54) is 0 Å². The van der Waals surface area contributed by atoms with Gasteiger partial charge >= 0.3 is 6.61 Å². The molecule has 2 nitrogen and oxygen atoms in total. The first-order valence-corrected chi connectivity index (χ1v) is 3.24. The number of hydrogen-bond donors (Lipinski definition) is 0. The highest BCUT2D eigenvalue weighted by atomic mass is 19.3. The lowest BCUT2D eigenvalue weighted by Gasteiger charge is -2.04. The monoisotopic (exact) mass is 187 g/mol. The van der Waals surface area contributed by atoms with Gasteiger partial charge in [0.25, 0.3) is 0 Å². The van der Waals surface area contributed by atoms with Gasteiger partial charge in [0, 0.05) is 6.07 Å². The normalized spacial score (nSPS) is 9.77. The Hall–Kier alpha value is -1.70. The van der Waals surface area contributed by atoms with Crippen LogP contribution < -0.4 is 4.74 Å². The maximum absolute atomic E-state index is 12.6. The molecule has 0 spiro atoms. The minimum Gasteiger partial charge on any atom is -0.436 e. The summed E-state index contributed by atoms with van der Waals surface area (Å²) in [6.07, 6.45) is 0. The first-order valence-electron chi connectivity index (χ1n) is 3.24. The lowest BCUT2D eigenvalue weighted by molar-refractivity contribution is -0.0499. The molecule has 0 aliphatic heterocycles. The van der Waals surface area contributed by atoms with E-state index >= 15 is 0 Å². The molecule has 0 aliphatic rings. The van der Waals surface area contributed by atoms with E-state index in [0.29, 0.717) is 0 Å². The largest absolute Gasteiger partial charge is 0.436 e. The minimum absolute atomic E-state index is 0.0735. The maximum Gasteiger partial charge on any atom is 0.387 e. The number of halogens is 3. The molecule has 0 atom stereocenters. The van der Waals surface area contributed by atoms with Gasteiger partial charge in [-0.2, -0.15) is 8.78 Å². The average molecular weight is 187 g/mol. The summed E-state index contributed by atoms with van der Waals surface area (Å²) in [6, 6.07) is 2.77. The average Bonchev–Trinajstić information content (AvgIpc) is 2.01. The summed E-state index contributed by atoms with van der Waals surface area (Å²) in [5.41, 5.74) is -0.0735. The van der Waals surface area contributed by atoms with Crippen molar-refractivity contribution in [3.63, 3.8) is 0 Å². The van der Waals surface area contributed by atoms with Gasteiger partial charge in [-0.25, -0.2) is 9.24 Å². The van der Waals surface area contributed by atoms with Crippen LogP contribution in [0.4, 0.5) is 18.9 Å². The zero-order valence-corrected chi connectivity index (χ0v) is 6.30. The molecule has 0 radical (unpaired) electrons. The zero-order chi connectivity index (χ0) is 9.84. The molecule has 0 N–H and O–H groups in total. The molecule has 0 aromatic heterocycles. The Morgan fingerprint density at radius 3 is 2.54 bits per heavy atom. The molecule has 1 aromatic rings. The maximum atomic E-state index is 12.6. The second-order valence-corrected chi connectivity index (χ2v) is 2.14. The molecule has 5 heteroatoms. The number of benzene rings is 1. The SMILES string of the molecule is [C-]#[N+]c1cc(F)cc(OC(F)F)c1. The fourth-order valence-electron chi connectivity index (χ4n) is 0.783. The molecule has 0 amide bonds. The van der Waals surface area contributed by atoms with Crippen LogP contribution in [0.2, 0.25) is 0 Å². The molecule has 13 heavy (non-hydrogen) atoms. The number of hydrogen-bond acceptors (Lipinski definition) is 1. The van der Waals surface area contributed by atoms with Crippen LogP contribution in [0.3, 0.4) is 0 Å². The van der Waals surface area contributed by atoms with Crippen LogP contribution in [0.25, 0.3) is 4.85 Å². The molecular weight excluding hydrogens is 183 g/mol. The second-order valence-electron chi connectivity index (χ2n) is 2.14. The predicted octanol–water partition coefficient (Wildman–Crippen LogP) is 2.98. The van der Waals surface area contributed by atoms with Gasteiger partial charge in [0.15, 0.2) is 5.69 Å². The molecule has 0 aliphatic carbocycles. The Kier molecular flexibility index (Phi) is 2.75. The van der Waals surface area contributed by atoms with Crippen molar-refractivity contribution in [3.05, 3.63) is 35.4 Å². The van der Waals surface area contributed by atoms with E-state index in [1.54, 1.807) is 0 Å². The molecule has 1 aromatic carbocycles. The molecule has 0 bridgehead atoms. The van der Waals surface area contributed by atoms with Crippen LogP contribution in [-0.4, -0.2) is 6.61 Å². The third-order valence-electron chi connectivity index (χ3n) is 1.21. The second kappa shape index (κ2) is 3.81.